The molecule has 0 spiro atoms. The van der Waals surface area contributed by atoms with Crippen LogP contribution in [0.25, 0.3) is 16.9 Å². The second-order valence-electron chi connectivity index (χ2n) is 7.70. The first kappa shape index (κ1) is 19.9. The first-order valence-corrected chi connectivity index (χ1v) is 9.86. The molecule has 4 nitrogen and oxygen atoms in total. The number of nitrogens with one attached hydrogen (secondary N) is 1. The molecule has 1 heterocycles. The normalized spacial score (nSPS) is 12.1. The van der Waals surface area contributed by atoms with Crippen LogP contribution in [0.2, 0.25) is 0 Å². The van der Waals surface area contributed by atoms with E-state index in [1.165, 1.54) is 16.7 Å². The van der Waals surface area contributed by atoms with Crippen molar-refractivity contribution in [3.05, 3.63) is 70.4 Å². The number of carbonyl (C=O) groups excluding carboxylic acids is 1. The lowest BCUT2D eigenvalue weighted by molar-refractivity contribution is 0.0931. The third kappa shape index (κ3) is 4.01. The van der Waals surface area contributed by atoms with Crippen LogP contribution < -0.4 is 5.32 Å². The lowest BCUT2D eigenvalue weighted by atomic mass is 10.0. The molecule has 4 heteroatoms. The molecule has 1 aromatic heterocycles. The molecule has 2 aromatic carbocycles. The topological polar surface area (TPSA) is 46.9 Å². The van der Waals surface area contributed by atoms with Gasteiger partial charge in [-0.25, -0.2) is 4.68 Å². The lowest BCUT2D eigenvalue weighted by Crippen LogP contribution is -2.33. The molecule has 0 fully saturated rings. The summed E-state index contributed by atoms with van der Waals surface area (Å²) in [5, 5.41) is 7.89. The van der Waals surface area contributed by atoms with Gasteiger partial charge in [0.15, 0.2) is 0 Å². The third-order valence-electron chi connectivity index (χ3n) is 5.32. The van der Waals surface area contributed by atoms with Crippen LogP contribution in [0.4, 0.5) is 0 Å². The molecule has 146 valence electrons. The van der Waals surface area contributed by atoms with E-state index in [0.29, 0.717) is 5.69 Å². The summed E-state index contributed by atoms with van der Waals surface area (Å²) in [6, 6.07) is 14.5. The van der Waals surface area contributed by atoms with Gasteiger partial charge in [-0.15, -0.1) is 0 Å². The van der Waals surface area contributed by atoms with Crippen molar-refractivity contribution in [2.24, 2.45) is 0 Å². The van der Waals surface area contributed by atoms with Crippen molar-refractivity contribution in [1.82, 2.24) is 15.1 Å². The summed E-state index contributed by atoms with van der Waals surface area (Å²) in [6.07, 6.45) is 0.882. The number of amides is 1. The second kappa shape index (κ2) is 8.01. The van der Waals surface area contributed by atoms with Gasteiger partial charge in [0.2, 0.25) is 0 Å². The maximum absolute atomic E-state index is 13.0. The molecule has 1 N–H and O–H groups in total. The van der Waals surface area contributed by atoms with Gasteiger partial charge < -0.3 is 5.32 Å². The maximum Gasteiger partial charge on any atom is 0.270 e. The number of hydrogen-bond acceptors (Lipinski definition) is 2. The number of nitrogens with zero attached hydrogens (tertiary/aromatic N) is 2. The maximum atomic E-state index is 13.0. The summed E-state index contributed by atoms with van der Waals surface area (Å²) in [5.41, 5.74) is 8.04. The lowest BCUT2D eigenvalue weighted by Gasteiger charge is -2.14. The van der Waals surface area contributed by atoms with E-state index >= 15 is 0 Å². The van der Waals surface area contributed by atoms with E-state index in [2.05, 4.69) is 70.3 Å². The van der Waals surface area contributed by atoms with Gasteiger partial charge in [0.25, 0.3) is 5.91 Å². The number of benzene rings is 2. The van der Waals surface area contributed by atoms with E-state index in [0.717, 1.165) is 28.9 Å². The minimum Gasteiger partial charge on any atom is -0.348 e. The largest absolute Gasteiger partial charge is 0.348 e. The summed E-state index contributed by atoms with van der Waals surface area (Å²) in [4.78, 5) is 13.0. The molecular weight excluding hydrogens is 346 g/mol. The summed E-state index contributed by atoms with van der Waals surface area (Å²) >= 11 is 0. The molecule has 3 rings (SSSR count). The highest BCUT2D eigenvalue weighted by molar-refractivity contribution is 5.94. The molecule has 1 amide bonds. The van der Waals surface area contributed by atoms with Crippen molar-refractivity contribution in [3.63, 3.8) is 0 Å². The van der Waals surface area contributed by atoms with Crippen molar-refractivity contribution in [2.75, 3.05) is 0 Å². The molecule has 1 atom stereocenters. The van der Waals surface area contributed by atoms with Gasteiger partial charge in [-0.05, 0) is 75.9 Å². The Morgan fingerprint density at radius 1 is 1.00 bits per heavy atom. The van der Waals surface area contributed by atoms with Crippen LogP contribution in [-0.2, 0) is 0 Å². The zero-order valence-corrected chi connectivity index (χ0v) is 17.6. The highest BCUT2D eigenvalue weighted by Crippen LogP contribution is 2.25. The molecule has 28 heavy (non-hydrogen) atoms. The van der Waals surface area contributed by atoms with Gasteiger partial charge in [0.1, 0.15) is 5.69 Å². The standard InChI is InChI=1S/C24H29N3O/c1-7-19(6)25-24(28)23-14-21(20-10-9-16(3)17(4)13-20)26-27(23)22-11-8-15(2)12-18(22)5/h8-14,19H,7H2,1-6H3,(H,25,28). The number of carbonyl (C=O) groups is 1. The zero-order chi connectivity index (χ0) is 20.4. The Kier molecular flexibility index (Phi) is 5.68. The Hall–Kier alpha value is -2.88. The molecule has 0 bridgehead atoms. The molecule has 0 radical (unpaired) electrons. The Morgan fingerprint density at radius 2 is 1.75 bits per heavy atom. The van der Waals surface area contributed by atoms with Gasteiger partial charge in [-0.2, -0.15) is 5.10 Å². The molecule has 3 aromatic rings. The molecular formula is C24H29N3O. The van der Waals surface area contributed by atoms with E-state index in [4.69, 9.17) is 5.10 Å². The van der Waals surface area contributed by atoms with E-state index in [1.807, 2.05) is 19.1 Å². The first-order valence-electron chi connectivity index (χ1n) is 9.86. The molecule has 0 aliphatic heterocycles. The Bertz CT molecular complexity index is 1020. The van der Waals surface area contributed by atoms with Gasteiger partial charge in [-0.3, -0.25) is 4.79 Å². The summed E-state index contributed by atoms with van der Waals surface area (Å²) in [6.45, 7) is 12.4. The number of rotatable bonds is 5. The van der Waals surface area contributed by atoms with Crippen molar-refractivity contribution in [1.29, 1.82) is 0 Å². The predicted molar refractivity (Wildman–Crippen MR) is 115 cm³/mol. The van der Waals surface area contributed by atoms with Gasteiger partial charge >= 0.3 is 0 Å². The SMILES string of the molecule is CCC(C)NC(=O)c1cc(-c2ccc(C)c(C)c2)nn1-c1ccc(C)cc1C. The van der Waals surface area contributed by atoms with E-state index in [-0.39, 0.29) is 11.9 Å². The van der Waals surface area contributed by atoms with E-state index < -0.39 is 0 Å². The number of aromatic nitrogens is 2. The molecule has 1 unspecified atom stereocenters. The van der Waals surface area contributed by atoms with Gasteiger partial charge in [0, 0.05) is 11.6 Å². The van der Waals surface area contributed by atoms with E-state index in [1.54, 1.807) is 4.68 Å². The second-order valence-corrected chi connectivity index (χ2v) is 7.70. The zero-order valence-electron chi connectivity index (χ0n) is 17.6. The number of hydrogen-bond donors (Lipinski definition) is 1. The smallest absolute Gasteiger partial charge is 0.270 e. The van der Waals surface area contributed by atoms with Crippen LogP contribution in [-0.4, -0.2) is 21.7 Å². The van der Waals surface area contributed by atoms with Crippen LogP contribution in [0, 0.1) is 27.7 Å². The number of aryl methyl sites for hydroxylation is 4. The minimum atomic E-state index is -0.100. The third-order valence-corrected chi connectivity index (χ3v) is 5.32. The first-order chi connectivity index (χ1) is 13.3. The molecule has 0 aliphatic carbocycles. The Morgan fingerprint density at radius 3 is 2.39 bits per heavy atom. The van der Waals surface area contributed by atoms with E-state index in [9.17, 15) is 4.79 Å². The minimum absolute atomic E-state index is 0.100. The van der Waals surface area contributed by atoms with Crippen LogP contribution in [0.1, 0.15) is 53.0 Å². The fraction of sp³-hybridized carbons (Fsp3) is 0.333. The average Bonchev–Trinajstić information content (AvgIpc) is 3.09. The van der Waals surface area contributed by atoms with Gasteiger partial charge in [0.05, 0.1) is 11.4 Å². The molecule has 0 saturated carbocycles. The monoisotopic (exact) mass is 375 g/mol. The summed E-state index contributed by atoms with van der Waals surface area (Å²) in [7, 11) is 0. The Balaban J connectivity index is 2.14. The fourth-order valence-electron chi connectivity index (χ4n) is 3.21. The highest BCUT2D eigenvalue weighted by Gasteiger charge is 2.20. The van der Waals surface area contributed by atoms with Crippen molar-refractivity contribution >= 4 is 5.91 Å². The molecule has 0 aliphatic rings. The van der Waals surface area contributed by atoms with Crippen LogP contribution in [0.15, 0.2) is 42.5 Å². The summed E-state index contributed by atoms with van der Waals surface area (Å²) in [5.74, 6) is -0.100. The predicted octanol–water partition coefficient (Wildman–Crippen LogP) is 5.30. The van der Waals surface area contributed by atoms with Gasteiger partial charge in [-0.1, -0.05) is 36.8 Å². The van der Waals surface area contributed by atoms with Crippen molar-refractivity contribution in [2.45, 2.75) is 54.0 Å². The highest BCUT2D eigenvalue weighted by atomic mass is 16.2. The molecule has 0 saturated heterocycles. The van der Waals surface area contributed by atoms with Crippen LogP contribution >= 0.6 is 0 Å². The summed E-state index contributed by atoms with van der Waals surface area (Å²) < 4.78 is 1.77. The fourth-order valence-corrected chi connectivity index (χ4v) is 3.21. The quantitative estimate of drug-likeness (QED) is 0.658. The van der Waals surface area contributed by atoms with Crippen molar-refractivity contribution in [3.8, 4) is 16.9 Å². The van der Waals surface area contributed by atoms with Crippen LogP contribution in [0.3, 0.4) is 0 Å². The average molecular weight is 376 g/mol. The Labute approximate surface area is 167 Å². The van der Waals surface area contributed by atoms with Crippen molar-refractivity contribution < 1.29 is 4.79 Å². The van der Waals surface area contributed by atoms with Crippen LogP contribution in [0.5, 0.6) is 0 Å².